The van der Waals surface area contributed by atoms with Crippen LogP contribution < -0.4 is 0 Å². The van der Waals surface area contributed by atoms with Crippen LogP contribution in [0, 0.1) is 0 Å². The van der Waals surface area contributed by atoms with Gasteiger partial charge in [-0.25, -0.2) is 0 Å². The molecular weight excluding hydrogens is 152 g/mol. The molecule has 0 amide bonds. The molecule has 12 heavy (non-hydrogen) atoms. The molecule has 0 aliphatic rings. The number of hydrogen-bond acceptors (Lipinski definition) is 2. The number of aliphatic hydroxyl groups excluding tert-OH is 2. The lowest BCUT2D eigenvalue weighted by atomic mass is 10.2. The van der Waals surface area contributed by atoms with E-state index in [0.717, 1.165) is 7.11 Å². The third-order valence-electron chi connectivity index (χ3n) is 1.21. The van der Waals surface area contributed by atoms with Crippen LogP contribution in [0.25, 0.3) is 0 Å². The molecule has 0 rings (SSSR count). The Kier molecular flexibility index (Phi) is 45.6. The molecule has 0 saturated heterocycles. The van der Waals surface area contributed by atoms with Crippen LogP contribution in [0.5, 0.6) is 0 Å². The second-order valence-corrected chi connectivity index (χ2v) is 2.38. The summed E-state index contributed by atoms with van der Waals surface area (Å²) in [4.78, 5) is 0. The smallest absolute Gasteiger partial charge is 0.0402 e. The van der Waals surface area contributed by atoms with Gasteiger partial charge in [-0.3, -0.25) is 0 Å². The van der Waals surface area contributed by atoms with Crippen molar-refractivity contribution >= 4 is 0 Å². The SMILES string of the molecule is CCCCCCC.CCO.CO. The largest absolute Gasteiger partial charge is 0.400 e. The lowest BCUT2D eigenvalue weighted by Crippen LogP contribution is -1.70. The van der Waals surface area contributed by atoms with Crippen molar-refractivity contribution in [3.05, 3.63) is 0 Å². The van der Waals surface area contributed by atoms with Gasteiger partial charge in [0.1, 0.15) is 0 Å². The zero-order valence-electron chi connectivity index (χ0n) is 9.14. The summed E-state index contributed by atoms with van der Waals surface area (Å²) < 4.78 is 0. The summed E-state index contributed by atoms with van der Waals surface area (Å²) in [7, 11) is 1.00. The monoisotopic (exact) mass is 178 g/mol. The van der Waals surface area contributed by atoms with Gasteiger partial charge in [0.2, 0.25) is 0 Å². The summed E-state index contributed by atoms with van der Waals surface area (Å²) in [6, 6.07) is 0. The first-order valence-electron chi connectivity index (χ1n) is 4.88. The molecule has 0 saturated carbocycles. The van der Waals surface area contributed by atoms with Crippen molar-refractivity contribution in [2.75, 3.05) is 13.7 Å². The van der Waals surface area contributed by atoms with Crippen LogP contribution in [0.4, 0.5) is 0 Å². The molecule has 0 aliphatic carbocycles. The van der Waals surface area contributed by atoms with Gasteiger partial charge >= 0.3 is 0 Å². The molecule has 0 unspecified atom stereocenters. The summed E-state index contributed by atoms with van der Waals surface area (Å²) in [6.07, 6.45) is 7.01. The molecule has 0 fully saturated rings. The van der Waals surface area contributed by atoms with Crippen LogP contribution in [-0.2, 0) is 0 Å². The van der Waals surface area contributed by atoms with Crippen molar-refractivity contribution in [3.63, 3.8) is 0 Å². The molecule has 78 valence electrons. The molecular formula is C10H26O2. The highest BCUT2D eigenvalue weighted by Gasteiger charge is 1.80. The normalized spacial score (nSPS) is 7.50. The minimum atomic E-state index is 0.250. The highest BCUT2D eigenvalue weighted by atomic mass is 16.2. The van der Waals surface area contributed by atoms with E-state index in [9.17, 15) is 0 Å². The first-order valence-corrected chi connectivity index (χ1v) is 4.88. The zero-order chi connectivity index (χ0) is 10.2. The maximum absolute atomic E-state index is 7.57. The minimum absolute atomic E-state index is 0.250. The maximum Gasteiger partial charge on any atom is 0.0402 e. The zero-order valence-corrected chi connectivity index (χ0v) is 9.14. The van der Waals surface area contributed by atoms with E-state index in [4.69, 9.17) is 10.2 Å². The molecule has 0 atom stereocenters. The van der Waals surface area contributed by atoms with Gasteiger partial charge in [-0.2, -0.15) is 0 Å². The fourth-order valence-corrected chi connectivity index (χ4v) is 0.677. The summed E-state index contributed by atoms with van der Waals surface area (Å²) in [6.45, 7) is 6.42. The number of hydrogen-bond donors (Lipinski definition) is 2. The van der Waals surface area contributed by atoms with Crippen LogP contribution in [-0.4, -0.2) is 23.9 Å². The number of aliphatic hydroxyl groups is 2. The second-order valence-electron chi connectivity index (χ2n) is 2.38. The van der Waals surface area contributed by atoms with E-state index in [0.29, 0.717) is 0 Å². The van der Waals surface area contributed by atoms with Crippen LogP contribution >= 0.6 is 0 Å². The van der Waals surface area contributed by atoms with Gasteiger partial charge in [-0.05, 0) is 6.92 Å². The Hall–Kier alpha value is -0.0800. The Morgan fingerprint density at radius 1 is 0.750 bits per heavy atom. The number of rotatable bonds is 4. The Morgan fingerprint density at radius 3 is 1.17 bits per heavy atom. The lowest BCUT2D eigenvalue weighted by Gasteiger charge is -1.90. The molecule has 0 radical (unpaired) electrons. The van der Waals surface area contributed by atoms with E-state index in [1.165, 1.54) is 32.1 Å². The van der Waals surface area contributed by atoms with Crippen LogP contribution in [0.15, 0.2) is 0 Å². The Labute approximate surface area is 77.6 Å². The van der Waals surface area contributed by atoms with Gasteiger partial charge in [0.25, 0.3) is 0 Å². The van der Waals surface area contributed by atoms with Crippen molar-refractivity contribution in [3.8, 4) is 0 Å². The quantitative estimate of drug-likeness (QED) is 0.650. The molecule has 0 aliphatic heterocycles. The second kappa shape index (κ2) is 30.7. The lowest BCUT2D eigenvalue weighted by molar-refractivity contribution is 0.318. The van der Waals surface area contributed by atoms with Gasteiger partial charge < -0.3 is 10.2 Å². The number of unbranched alkanes of at least 4 members (excludes halogenated alkanes) is 4. The molecule has 0 aromatic rings. The first kappa shape index (κ1) is 17.9. The highest BCUT2D eigenvalue weighted by molar-refractivity contribution is 4.35. The van der Waals surface area contributed by atoms with Gasteiger partial charge in [0.05, 0.1) is 0 Å². The summed E-state index contributed by atoms with van der Waals surface area (Å²) in [5.41, 5.74) is 0. The third kappa shape index (κ3) is 51.4. The summed E-state index contributed by atoms with van der Waals surface area (Å²) in [5.74, 6) is 0. The third-order valence-corrected chi connectivity index (χ3v) is 1.21. The molecule has 2 heteroatoms. The van der Waals surface area contributed by atoms with Gasteiger partial charge in [-0.1, -0.05) is 46.0 Å². The van der Waals surface area contributed by atoms with Crippen molar-refractivity contribution in [1.29, 1.82) is 0 Å². The fraction of sp³-hybridized carbons (Fsp3) is 1.00. The average Bonchev–Trinajstić information content (AvgIpc) is 2.11. The van der Waals surface area contributed by atoms with E-state index >= 15 is 0 Å². The van der Waals surface area contributed by atoms with Crippen molar-refractivity contribution in [1.82, 2.24) is 0 Å². The highest BCUT2D eigenvalue weighted by Crippen LogP contribution is 2.00. The van der Waals surface area contributed by atoms with Crippen molar-refractivity contribution < 1.29 is 10.2 Å². The van der Waals surface area contributed by atoms with Gasteiger partial charge in [0, 0.05) is 13.7 Å². The van der Waals surface area contributed by atoms with Crippen LogP contribution in [0.1, 0.15) is 52.9 Å². The first-order chi connectivity index (χ1) is 5.83. The Balaban J connectivity index is -0.000000137. The minimum Gasteiger partial charge on any atom is -0.400 e. The molecule has 2 N–H and O–H groups in total. The van der Waals surface area contributed by atoms with Gasteiger partial charge in [0.15, 0.2) is 0 Å². The fourth-order valence-electron chi connectivity index (χ4n) is 0.677. The van der Waals surface area contributed by atoms with E-state index in [1.54, 1.807) is 6.92 Å². The molecule has 0 heterocycles. The van der Waals surface area contributed by atoms with E-state index in [1.807, 2.05) is 0 Å². The van der Waals surface area contributed by atoms with E-state index < -0.39 is 0 Å². The van der Waals surface area contributed by atoms with Crippen LogP contribution in [0.3, 0.4) is 0 Å². The molecule has 0 aromatic carbocycles. The Morgan fingerprint density at radius 2 is 1.00 bits per heavy atom. The standard InChI is InChI=1S/C7H16.C2H6O.CH4O/c1-3-5-7-6-4-2;1-2-3;1-2/h3-7H2,1-2H3;3H,2H2,1H3;2H,1H3. The maximum atomic E-state index is 7.57. The van der Waals surface area contributed by atoms with E-state index in [-0.39, 0.29) is 6.61 Å². The molecule has 0 bridgehead atoms. The van der Waals surface area contributed by atoms with Gasteiger partial charge in [-0.15, -0.1) is 0 Å². The summed E-state index contributed by atoms with van der Waals surface area (Å²) >= 11 is 0. The van der Waals surface area contributed by atoms with E-state index in [2.05, 4.69) is 13.8 Å². The predicted octanol–water partition coefficient (Wildman–Crippen LogP) is 2.58. The predicted molar refractivity (Wildman–Crippen MR) is 55.3 cm³/mol. The summed E-state index contributed by atoms with van der Waals surface area (Å²) in [5, 5.41) is 14.6. The van der Waals surface area contributed by atoms with Crippen molar-refractivity contribution in [2.45, 2.75) is 52.9 Å². The molecule has 0 aromatic heterocycles. The molecule has 2 nitrogen and oxygen atoms in total. The topological polar surface area (TPSA) is 40.5 Å². The molecule has 0 spiro atoms. The van der Waals surface area contributed by atoms with Crippen LogP contribution in [0.2, 0.25) is 0 Å². The Bertz CT molecular complexity index is 34.8. The van der Waals surface area contributed by atoms with Crippen molar-refractivity contribution in [2.24, 2.45) is 0 Å². The average molecular weight is 178 g/mol.